The van der Waals surface area contributed by atoms with Gasteiger partial charge >= 0.3 is 0 Å². The first-order valence-electron chi connectivity index (χ1n) is 12.5. The first-order valence-corrected chi connectivity index (χ1v) is 12.5. The summed E-state index contributed by atoms with van der Waals surface area (Å²) >= 11 is 0. The molecule has 0 heterocycles. The first kappa shape index (κ1) is 20.7. The molecule has 0 bridgehead atoms. The lowest BCUT2D eigenvalue weighted by Crippen LogP contribution is -2.53. The van der Waals surface area contributed by atoms with Gasteiger partial charge in [-0.25, -0.2) is 0 Å². The van der Waals surface area contributed by atoms with Gasteiger partial charge < -0.3 is 0 Å². The summed E-state index contributed by atoms with van der Waals surface area (Å²) in [5.74, 6) is 6.30. The minimum Gasteiger partial charge on any atom is -0.0683 e. The molecule has 5 unspecified atom stereocenters. The van der Waals surface area contributed by atoms with Gasteiger partial charge in [0.25, 0.3) is 0 Å². The lowest BCUT2D eigenvalue weighted by molar-refractivity contribution is -0.114. The molecule has 4 aliphatic carbocycles. The predicted molar refractivity (Wildman–Crippen MR) is 115 cm³/mol. The second-order valence-corrected chi connectivity index (χ2v) is 10.9. The largest absolute Gasteiger partial charge is 0.0683 e. The molecule has 4 aliphatic rings. The maximum atomic E-state index is 2.73. The average molecular weight is 361 g/mol. The Balaban J connectivity index is 0.000000948. The van der Waals surface area contributed by atoms with Gasteiger partial charge in [0, 0.05) is 0 Å². The van der Waals surface area contributed by atoms with Crippen LogP contribution in [0.2, 0.25) is 0 Å². The Morgan fingerprint density at radius 1 is 0.808 bits per heavy atom. The van der Waals surface area contributed by atoms with Crippen LogP contribution in [0.1, 0.15) is 119 Å². The monoisotopic (exact) mass is 360 g/mol. The second-order valence-electron chi connectivity index (χ2n) is 10.9. The highest BCUT2D eigenvalue weighted by molar-refractivity contribution is 5.09. The van der Waals surface area contributed by atoms with Crippen molar-refractivity contribution >= 4 is 0 Å². The molecule has 0 nitrogen and oxygen atoms in total. The van der Waals surface area contributed by atoms with Crippen LogP contribution in [0.25, 0.3) is 0 Å². The first-order chi connectivity index (χ1) is 12.5. The lowest BCUT2D eigenvalue weighted by atomic mass is 9.44. The molecule has 0 spiro atoms. The van der Waals surface area contributed by atoms with E-state index in [2.05, 4.69) is 27.7 Å². The fourth-order valence-electron chi connectivity index (χ4n) is 8.93. The molecule has 0 heteroatoms. The van der Waals surface area contributed by atoms with Crippen LogP contribution in [0.3, 0.4) is 0 Å². The van der Waals surface area contributed by atoms with Gasteiger partial charge in [0.1, 0.15) is 0 Å². The van der Waals surface area contributed by atoms with E-state index in [9.17, 15) is 0 Å². The molecule has 0 N–H and O–H groups in total. The maximum Gasteiger partial charge on any atom is -0.0264 e. The van der Waals surface area contributed by atoms with Gasteiger partial charge in [-0.3, -0.25) is 0 Å². The van der Waals surface area contributed by atoms with Gasteiger partial charge in [-0.05, 0) is 97.7 Å². The molecule has 0 aromatic carbocycles. The zero-order valence-corrected chi connectivity index (χ0v) is 18.9. The molecule has 8 atom stereocenters. The van der Waals surface area contributed by atoms with Crippen LogP contribution in [-0.2, 0) is 0 Å². The minimum absolute atomic E-state index is 0.688. The van der Waals surface area contributed by atoms with Gasteiger partial charge in [0.2, 0.25) is 0 Å². The Morgan fingerprint density at radius 3 is 2.27 bits per heavy atom. The van der Waals surface area contributed by atoms with E-state index in [4.69, 9.17) is 0 Å². The van der Waals surface area contributed by atoms with Gasteiger partial charge in [-0.1, -0.05) is 67.2 Å². The van der Waals surface area contributed by atoms with Crippen molar-refractivity contribution in [2.24, 2.45) is 46.3 Å². The van der Waals surface area contributed by atoms with E-state index in [0.717, 1.165) is 40.9 Å². The Morgan fingerprint density at radius 2 is 1.54 bits per heavy atom. The van der Waals surface area contributed by atoms with E-state index in [-0.39, 0.29) is 0 Å². The fraction of sp³-hybridized carbons (Fsp3) is 1.00. The molecular weight excluding hydrogens is 312 g/mol. The van der Waals surface area contributed by atoms with Gasteiger partial charge in [0.15, 0.2) is 0 Å². The Labute approximate surface area is 165 Å². The molecule has 0 radical (unpaired) electrons. The summed E-state index contributed by atoms with van der Waals surface area (Å²) in [6.07, 6.45) is 18.4. The van der Waals surface area contributed by atoms with Crippen molar-refractivity contribution in [3.63, 3.8) is 0 Å². The van der Waals surface area contributed by atoms with Crippen LogP contribution < -0.4 is 0 Å². The summed E-state index contributed by atoms with van der Waals surface area (Å²) in [5, 5.41) is 0. The topological polar surface area (TPSA) is 0 Å². The number of hydrogen-bond donors (Lipinski definition) is 0. The van der Waals surface area contributed by atoms with Gasteiger partial charge in [0.05, 0.1) is 0 Å². The highest BCUT2D eigenvalue weighted by Crippen LogP contribution is 2.68. The van der Waals surface area contributed by atoms with Crippen LogP contribution >= 0.6 is 0 Å². The predicted octanol–water partition coefficient (Wildman–Crippen LogP) is 8.50. The van der Waals surface area contributed by atoms with Crippen molar-refractivity contribution < 1.29 is 0 Å². The standard InChI is InChI=1S/C24H42.C2H6/c1-5-8-17(2)20-12-13-21-19-11-10-18-9-6-7-15-23(18,3)22(19)14-16-24(20,21)4;1-2/h17-22H,5-16H2,1-4H3;1-2H3/t17-,18?,19?,20?,21+,22+,23?,24?;/m1./s1. The van der Waals surface area contributed by atoms with Crippen LogP contribution in [-0.4, -0.2) is 0 Å². The third-order valence-electron chi connectivity index (χ3n) is 10.1. The van der Waals surface area contributed by atoms with Crippen molar-refractivity contribution in [2.75, 3.05) is 0 Å². The maximum absolute atomic E-state index is 2.73. The summed E-state index contributed by atoms with van der Waals surface area (Å²) in [6.45, 7) is 14.4. The molecule has 0 aliphatic heterocycles. The van der Waals surface area contributed by atoms with Gasteiger partial charge in [-0.2, -0.15) is 0 Å². The SMILES string of the molecule is CC.CCC[C@@H](C)C1CC[C@H]2C3CCC4CCCCC4(C)[C@H]3CCC12C. The van der Waals surface area contributed by atoms with Crippen molar-refractivity contribution in [1.82, 2.24) is 0 Å². The molecule has 0 saturated heterocycles. The molecule has 0 amide bonds. The summed E-state index contributed by atoms with van der Waals surface area (Å²) in [7, 11) is 0. The molecular formula is C26H48. The molecule has 4 fully saturated rings. The summed E-state index contributed by atoms with van der Waals surface area (Å²) in [5.41, 5.74) is 1.41. The number of fused-ring (bicyclic) bond motifs is 5. The average Bonchev–Trinajstić information content (AvgIpc) is 3.00. The highest BCUT2D eigenvalue weighted by atomic mass is 14.6. The second kappa shape index (κ2) is 8.16. The summed E-state index contributed by atoms with van der Waals surface area (Å²) in [6, 6.07) is 0. The van der Waals surface area contributed by atoms with E-state index >= 15 is 0 Å². The zero-order valence-electron chi connectivity index (χ0n) is 18.9. The van der Waals surface area contributed by atoms with E-state index in [1.165, 1.54) is 25.7 Å². The van der Waals surface area contributed by atoms with Crippen LogP contribution in [0, 0.1) is 46.3 Å². The van der Waals surface area contributed by atoms with Crippen LogP contribution in [0.5, 0.6) is 0 Å². The number of rotatable bonds is 3. The summed E-state index contributed by atoms with van der Waals surface area (Å²) < 4.78 is 0. The number of hydrogen-bond acceptors (Lipinski definition) is 0. The minimum atomic E-state index is 0.688. The molecule has 26 heavy (non-hydrogen) atoms. The molecule has 0 aromatic rings. The van der Waals surface area contributed by atoms with Crippen molar-refractivity contribution in [2.45, 2.75) is 119 Å². The van der Waals surface area contributed by atoms with Crippen molar-refractivity contribution in [3.8, 4) is 0 Å². The Hall–Kier alpha value is 0. The molecule has 4 saturated carbocycles. The molecule has 152 valence electrons. The van der Waals surface area contributed by atoms with Crippen LogP contribution in [0.15, 0.2) is 0 Å². The normalized spacial score (nSPS) is 48.5. The van der Waals surface area contributed by atoms with E-state index < -0.39 is 0 Å². The van der Waals surface area contributed by atoms with Crippen molar-refractivity contribution in [1.29, 1.82) is 0 Å². The molecule has 0 aromatic heterocycles. The van der Waals surface area contributed by atoms with Gasteiger partial charge in [-0.15, -0.1) is 0 Å². The Bertz CT molecular complexity index is 453. The van der Waals surface area contributed by atoms with E-state index in [1.807, 2.05) is 13.8 Å². The Kier molecular flexibility index (Phi) is 6.51. The smallest absolute Gasteiger partial charge is 0.0264 e. The van der Waals surface area contributed by atoms with Crippen molar-refractivity contribution in [3.05, 3.63) is 0 Å². The van der Waals surface area contributed by atoms with E-state index in [1.54, 1.807) is 51.4 Å². The quantitative estimate of drug-likeness (QED) is 0.473. The van der Waals surface area contributed by atoms with E-state index in [0.29, 0.717) is 5.41 Å². The highest BCUT2D eigenvalue weighted by Gasteiger charge is 2.59. The fourth-order valence-corrected chi connectivity index (χ4v) is 8.93. The zero-order chi connectivity index (χ0) is 18.9. The summed E-state index contributed by atoms with van der Waals surface area (Å²) in [4.78, 5) is 0. The van der Waals surface area contributed by atoms with Crippen LogP contribution in [0.4, 0.5) is 0 Å². The third kappa shape index (κ3) is 3.20. The molecule has 4 rings (SSSR count). The third-order valence-corrected chi connectivity index (χ3v) is 10.1. The lowest BCUT2D eigenvalue weighted by Gasteiger charge is -2.61.